The van der Waals surface area contributed by atoms with E-state index in [1.165, 1.54) is 13.8 Å². The quantitative estimate of drug-likeness (QED) is 0.603. The van der Waals surface area contributed by atoms with E-state index in [2.05, 4.69) is 5.32 Å². The summed E-state index contributed by atoms with van der Waals surface area (Å²) in [6, 6.07) is -1.39. The standard InChI is InChI=1S/C7H9F3N2O/c1-3-4(2)11-6(13)12-5(3)7(8,9)10/h4H,1-2H3,(H2,11,12,13). The summed E-state index contributed by atoms with van der Waals surface area (Å²) < 4.78 is 36.7. The fourth-order valence-electron chi connectivity index (χ4n) is 1.06. The molecule has 3 nitrogen and oxygen atoms in total. The summed E-state index contributed by atoms with van der Waals surface area (Å²) in [5.74, 6) is 0. The first-order chi connectivity index (χ1) is 5.82. The monoisotopic (exact) mass is 194 g/mol. The van der Waals surface area contributed by atoms with Gasteiger partial charge in [0.05, 0.1) is 6.04 Å². The van der Waals surface area contributed by atoms with Crippen LogP contribution in [0.25, 0.3) is 0 Å². The van der Waals surface area contributed by atoms with Crippen molar-refractivity contribution in [1.29, 1.82) is 0 Å². The van der Waals surface area contributed by atoms with Gasteiger partial charge >= 0.3 is 12.2 Å². The van der Waals surface area contributed by atoms with Gasteiger partial charge in [0.15, 0.2) is 0 Å². The van der Waals surface area contributed by atoms with Crippen LogP contribution in [0.15, 0.2) is 11.3 Å². The van der Waals surface area contributed by atoms with Gasteiger partial charge in [0.25, 0.3) is 0 Å². The van der Waals surface area contributed by atoms with Gasteiger partial charge in [0, 0.05) is 0 Å². The minimum absolute atomic E-state index is 0.0899. The summed E-state index contributed by atoms with van der Waals surface area (Å²) in [6.07, 6.45) is -4.49. The normalized spacial score (nSPS) is 24.1. The predicted molar refractivity (Wildman–Crippen MR) is 39.9 cm³/mol. The van der Waals surface area contributed by atoms with Crippen LogP contribution in [-0.4, -0.2) is 18.2 Å². The Morgan fingerprint density at radius 2 is 1.92 bits per heavy atom. The number of carbonyl (C=O) groups excluding carboxylic acids is 1. The number of allylic oxidation sites excluding steroid dienone is 1. The lowest BCUT2D eigenvalue weighted by atomic mass is 10.1. The molecule has 0 aromatic carbocycles. The summed E-state index contributed by atoms with van der Waals surface area (Å²) in [4.78, 5) is 10.7. The Balaban J connectivity index is 3.05. The zero-order valence-electron chi connectivity index (χ0n) is 7.12. The number of rotatable bonds is 0. The van der Waals surface area contributed by atoms with Crippen LogP contribution in [0.2, 0.25) is 0 Å². The van der Waals surface area contributed by atoms with Crippen LogP contribution in [0, 0.1) is 0 Å². The van der Waals surface area contributed by atoms with Crippen molar-refractivity contribution in [2.45, 2.75) is 26.1 Å². The molecule has 0 aliphatic carbocycles. The van der Waals surface area contributed by atoms with Gasteiger partial charge < -0.3 is 10.6 Å². The molecule has 2 amide bonds. The molecule has 0 bridgehead atoms. The molecule has 0 aromatic rings. The van der Waals surface area contributed by atoms with Crippen LogP contribution < -0.4 is 10.6 Å². The molecular formula is C7H9F3N2O. The molecule has 13 heavy (non-hydrogen) atoms. The average Bonchev–Trinajstić information content (AvgIpc) is 1.94. The van der Waals surface area contributed by atoms with Crippen molar-refractivity contribution >= 4 is 6.03 Å². The maximum absolute atomic E-state index is 12.2. The van der Waals surface area contributed by atoms with E-state index >= 15 is 0 Å². The number of alkyl halides is 3. The number of amides is 2. The van der Waals surface area contributed by atoms with Gasteiger partial charge in [-0.3, -0.25) is 0 Å². The van der Waals surface area contributed by atoms with Gasteiger partial charge in [-0.1, -0.05) is 0 Å². The summed E-state index contributed by atoms with van der Waals surface area (Å²) in [7, 11) is 0. The molecule has 1 atom stereocenters. The number of halogens is 3. The molecule has 1 rings (SSSR count). The lowest BCUT2D eigenvalue weighted by Gasteiger charge is -2.26. The number of carbonyl (C=O) groups is 1. The largest absolute Gasteiger partial charge is 0.431 e. The molecule has 1 aliphatic rings. The number of hydrogen-bond donors (Lipinski definition) is 2. The number of hydrogen-bond acceptors (Lipinski definition) is 1. The fourth-order valence-corrected chi connectivity index (χ4v) is 1.06. The van der Waals surface area contributed by atoms with Crippen molar-refractivity contribution in [2.75, 3.05) is 0 Å². The second kappa shape index (κ2) is 2.93. The lowest BCUT2D eigenvalue weighted by molar-refractivity contribution is -0.0972. The van der Waals surface area contributed by atoms with Gasteiger partial charge in [-0.2, -0.15) is 13.2 Å². The van der Waals surface area contributed by atoms with Gasteiger partial charge in [-0.05, 0) is 19.4 Å². The maximum atomic E-state index is 12.2. The SMILES string of the molecule is CC1=C(C(F)(F)F)NC(=O)NC1C. The Kier molecular flexibility index (Phi) is 2.23. The molecule has 0 aromatic heterocycles. The maximum Gasteiger partial charge on any atom is 0.431 e. The Hall–Kier alpha value is -1.20. The molecule has 6 heteroatoms. The van der Waals surface area contributed by atoms with E-state index < -0.39 is 23.9 Å². The van der Waals surface area contributed by atoms with Crippen LogP contribution in [0.1, 0.15) is 13.8 Å². The van der Waals surface area contributed by atoms with Crippen molar-refractivity contribution in [1.82, 2.24) is 10.6 Å². The second-order valence-electron chi connectivity index (χ2n) is 2.88. The molecule has 0 radical (unpaired) electrons. The molecule has 74 valence electrons. The first-order valence-electron chi connectivity index (χ1n) is 3.68. The Morgan fingerprint density at radius 3 is 2.38 bits per heavy atom. The van der Waals surface area contributed by atoms with Crippen molar-refractivity contribution in [3.63, 3.8) is 0 Å². The highest BCUT2D eigenvalue weighted by Crippen LogP contribution is 2.28. The zero-order chi connectivity index (χ0) is 10.2. The lowest BCUT2D eigenvalue weighted by Crippen LogP contribution is -2.49. The Bertz CT molecular complexity index is 269. The summed E-state index contributed by atoms with van der Waals surface area (Å²) in [6.45, 7) is 2.83. The van der Waals surface area contributed by atoms with Gasteiger partial charge in [-0.15, -0.1) is 0 Å². The Labute approximate surface area is 73.0 Å². The highest BCUT2D eigenvalue weighted by atomic mass is 19.4. The van der Waals surface area contributed by atoms with Crippen LogP contribution in [0.3, 0.4) is 0 Å². The first kappa shape index (κ1) is 9.88. The molecule has 1 aliphatic heterocycles. The minimum Gasteiger partial charge on any atom is -0.332 e. The van der Waals surface area contributed by atoms with Crippen molar-refractivity contribution in [3.05, 3.63) is 11.3 Å². The van der Waals surface area contributed by atoms with Crippen LogP contribution in [-0.2, 0) is 0 Å². The van der Waals surface area contributed by atoms with Gasteiger partial charge in [0.2, 0.25) is 0 Å². The van der Waals surface area contributed by atoms with Crippen LogP contribution in [0.5, 0.6) is 0 Å². The summed E-state index contributed by atoms with van der Waals surface area (Å²) in [5.41, 5.74) is -0.865. The third-order valence-electron chi connectivity index (χ3n) is 1.91. The van der Waals surface area contributed by atoms with E-state index in [-0.39, 0.29) is 5.57 Å². The van der Waals surface area contributed by atoms with Gasteiger partial charge in [0.1, 0.15) is 5.70 Å². The van der Waals surface area contributed by atoms with E-state index in [0.717, 1.165) is 0 Å². The van der Waals surface area contributed by atoms with E-state index in [1.807, 2.05) is 0 Å². The molecule has 0 saturated heterocycles. The number of nitrogens with one attached hydrogen (secondary N) is 2. The third-order valence-corrected chi connectivity index (χ3v) is 1.91. The fraction of sp³-hybridized carbons (Fsp3) is 0.571. The van der Waals surface area contributed by atoms with Crippen LogP contribution in [0.4, 0.5) is 18.0 Å². The van der Waals surface area contributed by atoms with Crippen molar-refractivity contribution < 1.29 is 18.0 Å². The molecule has 0 spiro atoms. The van der Waals surface area contributed by atoms with Crippen molar-refractivity contribution in [2.24, 2.45) is 0 Å². The first-order valence-corrected chi connectivity index (χ1v) is 3.68. The summed E-state index contributed by atoms with van der Waals surface area (Å²) in [5, 5.41) is 4.06. The third kappa shape index (κ3) is 1.93. The molecular weight excluding hydrogens is 185 g/mol. The molecule has 0 saturated carbocycles. The van der Waals surface area contributed by atoms with E-state index in [1.54, 1.807) is 5.32 Å². The van der Waals surface area contributed by atoms with Crippen LogP contribution >= 0.6 is 0 Å². The summed E-state index contributed by atoms with van der Waals surface area (Å²) >= 11 is 0. The average molecular weight is 194 g/mol. The minimum atomic E-state index is -4.49. The highest BCUT2D eigenvalue weighted by molar-refractivity contribution is 5.78. The predicted octanol–water partition coefficient (Wildman–Crippen LogP) is 1.52. The topological polar surface area (TPSA) is 41.1 Å². The molecule has 2 N–H and O–H groups in total. The zero-order valence-corrected chi connectivity index (χ0v) is 7.12. The smallest absolute Gasteiger partial charge is 0.332 e. The number of urea groups is 1. The molecule has 0 fully saturated rings. The van der Waals surface area contributed by atoms with Gasteiger partial charge in [-0.25, -0.2) is 4.79 Å². The van der Waals surface area contributed by atoms with Crippen molar-refractivity contribution in [3.8, 4) is 0 Å². The second-order valence-corrected chi connectivity index (χ2v) is 2.88. The van der Waals surface area contributed by atoms with E-state index in [4.69, 9.17) is 0 Å². The molecule has 1 heterocycles. The van der Waals surface area contributed by atoms with E-state index in [9.17, 15) is 18.0 Å². The van der Waals surface area contributed by atoms with E-state index in [0.29, 0.717) is 0 Å². The Morgan fingerprint density at radius 1 is 1.38 bits per heavy atom. The molecule has 1 unspecified atom stereocenters. The highest BCUT2D eigenvalue weighted by Gasteiger charge is 2.39.